The summed E-state index contributed by atoms with van der Waals surface area (Å²) in [6.07, 6.45) is 4.13. The Morgan fingerprint density at radius 1 is 1.21 bits per heavy atom. The van der Waals surface area contributed by atoms with Crippen molar-refractivity contribution < 1.29 is 4.79 Å². The van der Waals surface area contributed by atoms with Crippen molar-refractivity contribution >= 4 is 17.4 Å². The number of hydrogen-bond acceptors (Lipinski definition) is 6. The number of carbonyl (C=O) groups is 1. The van der Waals surface area contributed by atoms with Crippen LogP contribution in [0.1, 0.15) is 22.6 Å². The molecular weight excluding hydrogens is 306 g/mol. The van der Waals surface area contributed by atoms with Gasteiger partial charge in [0.1, 0.15) is 5.82 Å². The maximum atomic E-state index is 12.2. The highest BCUT2D eigenvalue weighted by molar-refractivity contribution is 5.94. The van der Waals surface area contributed by atoms with Crippen molar-refractivity contribution in [2.45, 2.75) is 19.4 Å². The number of aromatic nitrogens is 5. The third-order valence-corrected chi connectivity index (χ3v) is 4.19. The lowest BCUT2D eigenvalue weighted by atomic mass is 10.2. The first-order chi connectivity index (χ1) is 11.7. The summed E-state index contributed by atoms with van der Waals surface area (Å²) < 4.78 is 1.73. The number of carbonyl (C=O) groups excluding carboxylic acids is 1. The van der Waals surface area contributed by atoms with Gasteiger partial charge in [0.2, 0.25) is 0 Å². The molecule has 0 aliphatic carbocycles. The molecule has 1 aliphatic rings. The van der Waals surface area contributed by atoms with Gasteiger partial charge in [-0.1, -0.05) is 0 Å². The second kappa shape index (κ2) is 5.88. The molecule has 1 N–H and O–H groups in total. The van der Waals surface area contributed by atoms with Crippen LogP contribution in [0.5, 0.6) is 0 Å². The molecule has 1 aliphatic heterocycles. The maximum absolute atomic E-state index is 12.2. The molecule has 8 heteroatoms. The summed E-state index contributed by atoms with van der Waals surface area (Å²) >= 11 is 0. The molecule has 1 saturated heterocycles. The second-order valence-corrected chi connectivity index (χ2v) is 5.85. The first kappa shape index (κ1) is 14.6. The summed E-state index contributed by atoms with van der Waals surface area (Å²) in [5.74, 6) is 1.56. The molecule has 8 nitrogen and oxygen atoms in total. The summed E-state index contributed by atoms with van der Waals surface area (Å²) in [5.41, 5.74) is 1.36. The number of amides is 1. The van der Waals surface area contributed by atoms with Crippen molar-refractivity contribution in [1.82, 2.24) is 30.1 Å². The molecule has 0 radical (unpaired) electrons. The van der Waals surface area contributed by atoms with Crippen LogP contribution in [-0.2, 0) is 0 Å². The van der Waals surface area contributed by atoms with Crippen LogP contribution in [0.4, 0.5) is 5.82 Å². The molecule has 24 heavy (non-hydrogen) atoms. The Balaban J connectivity index is 1.45. The molecule has 0 spiro atoms. The first-order valence-electron chi connectivity index (χ1n) is 7.85. The van der Waals surface area contributed by atoms with Gasteiger partial charge in [-0.2, -0.15) is 4.52 Å². The summed E-state index contributed by atoms with van der Waals surface area (Å²) in [7, 11) is 0. The quantitative estimate of drug-likeness (QED) is 0.768. The van der Waals surface area contributed by atoms with Crippen LogP contribution in [0.25, 0.3) is 5.65 Å². The largest absolute Gasteiger partial charge is 0.353 e. The van der Waals surface area contributed by atoms with Crippen LogP contribution in [0, 0.1) is 6.92 Å². The van der Waals surface area contributed by atoms with Gasteiger partial charge in [-0.25, -0.2) is 0 Å². The van der Waals surface area contributed by atoms with Crippen molar-refractivity contribution in [3.8, 4) is 0 Å². The highest BCUT2D eigenvalue weighted by Crippen LogP contribution is 2.19. The molecule has 1 amide bonds. The van der Waals surface area contributed by atoms with E-state index < -0.39 is 0 Å². The number of nitrogens with zero attached hydrogens (tertiary/aromatic N) is 6. The van der Waals surface area contributed by atoms with Crippen molar-refractivity contribution in [3.63, 3.8) is 0 Å². The van der Waals surface area contributed by atoms with Gasteiger partial charge >= 0.3 is 0 Å². The molecule has 1 unspecified atom stereocenters. The van der Waals surface area contributed by atoms with Crippen molar-refractivity contribution in [1.29, 1.82) is 0 Å². The Morgan fingerprint density at radius 3 is 2.88 bits per heavy atom. The first-order valence-corrected chi connectivity index (χ1v) is 7.85. The Morgan fingerprint density at radius 2 is 2.04 bits per heavy atom. The van der Waals surface area contributed by atoms with Crippen molar-refractivity contribution in [3.05, 3.63) is 48.0 Å². The molecule has 4 heterocycles. The van der Waals surface area contributed by atoms with Gasteiger partial charge in [0.25, 0.3) is 5.91 Å². The van der Waals surface area contributed by atoms with Crippen LogP contribution in [-0.4, -0.2) is 49.8 Å². The van der Waals surface area contributed by atoms with E-state index in [4.69, 9.17) is 0 Å². The van der Waals surface area contributed by atoms with Gasteiger partial charge in [0.05, 0.1) is 0 Å². The van der Waals surface area contributed by atoms with Crippen LogP contribution in [0.15, 0.2) is 36.7 Å². The molecule has 3 aromatic heterocycles. The van der Waals surface area contributed by atoms with E-state index in [0.29, 0.717) is 5.56 Å². The average molecular weight is 323 g/mol. The fraction of sp³-hybridized carbons (Fsp3) is 0.312. The number of aryl methyl sites for hydroxylation is 1. The summed E-state index contributed by atoms with van der Waals surface area (Å²) in [6.45, 7) is 3.45. The summed E-state index contributed by atoms with van der Waals surface area (Å²) in [6, 6.07) is 7.38. The lowest BCUT2D eigenvalue weighted by Crippen LogP contribution is -2.37. The monoisotopic (exact) mass is 323 g/mol. The van der Waals surface area contributed by atoms with E-state index in [1.54, 1.807) is 29.0 Å². The van der Waals surface area contributed by atoms with Crippen molar-refractivity contribution in [2.75, 3.05) is 18.0 Å². The normalized spacial score (nSPS) is 17.4. The maximum Gasteiger partial charge on any atom is 0.251 e. The smallest absolute Gasteiger partial charge is 0.251 e. The zero-order valence-corrected chi connectivity index (χ0v) is 13.3. The van der Waals surface area contributed by atoms with E-state index in [1.165, 1.54) is 0 Å². The Kier molecular flexibility index (Phi) is 3.56. The number of fused-ring (bicyclic) bond motifs is 1. The number of nitrogens with one attached hydrogen (secondary N) is 1. The standard InChI is InChI=1S/C16H17N7O/c1-11-19-20-14-2-3-15(21-23(11)14)22-9-6-13(10-22)18-16(24)12-4-7-17-8-5-12/h2-5,7-8,13H,6,9-10H2,1H3,(H,18,24). The van der Waals surface area contributed by atoms with Gasteiger partial charge in [0.15, 0.2) is 11.5 Å². The number of hydrogen-bond donors (Lipinski definition) is 1. The fourth-order valence-corrected chi connectivity index (χ4v) is 2.91. The summed E-state index contributed by atoms with van der Waals surface area (Å²) in [5, 5.41) is 15.7. The van der Waals surface area contributed by atoms with Gasteiger partial charge in [0, 0.05) is 37.1 Å². The summed E-state index contributed by atoms with van der Waals surface area (Å²) in [4.78, 5) is 18.3. The van der Waals surface area contributed by atoms with Crippen molar-refractivity contribution in [2.24, 2.45) is 0 Å². The molecule has 1 atom stereocenters. The Hall–Kier alpha value is -3.03. The highest BCUT2D eigenvalue weighted by Gasteiger charge is 2.25. The van der Waals surface area contributed by atoms with Gasteiger partial charge in [-0.3, -0.25) is 9.78 Å². The van der Waals surface area contributed by atoms with E-state index in [2.05, 4.69) is 30.5 Å². The molecule has 1 fully saturated rings. The minimum absolute atomic E-state index is 0.0673. The van der Waals surface area contributed by atoms with Gasteiger partial charge < -0.3 is 10.2 Å². The number of pyridine rings is 1. The van der Waals surface area contributed by atoms with Crippen LogP contribution in [0.3, 0.4) is 0 Å². The zero-order chi connectivity index (χ0) is 16.5. The highest BCUT2D eigenvalue weighted by atomic mass is 16.1. The molecule has 0 aromatic carbocycles. The van der Waals surface area contributed by atoms with Crippen LogP contribution < -0.4 is 10.2 Å². The van der Waals surface area contributed by atoms with E-state index >= 15 is 0 Å². The van der Waals surface area contributed by atoms with Crippen LogP contribution >= 0.6 is 0 Å². The van der Waals surface area contributed by atoms with E-state index in [0.717, 1.165) is 36.8 Å². The minimum atomic E-state index is -0.0673. The topological polar surface area (TPSA) is 88.3 Å². The molecule has 0 saturated carbocycles. The van der Waals surface area contributed by atoms with E-state index in [1.807, 2.05) is 19.1 Å². The van der Waals surface area contributed by atoms with Crippen LogP contribution in [0.2, 0.25) is 0 Å². The lowest BCUT2D eigenvalue weighted by Gasteiger charge is -2.18. The fourth-order valence-electron chi connectivity index (χ4n) is 2.91. The number of rotatable bonds is 3. The average Bonchev–Trinajstić information content (AvgIpc) is 3.23. The molecule has 0 bridgehead atoms. The Labute approximate surface area is 138 Å². The lowest BCUT2D eigenvalue weighted by molar-refractivity contribution is 0.0940. The van der Waals surface area contributed by atoms with E-state index in [9.17, 15) is 4.79 Å². The minimum Gasteiger partial charge on any atom is -0.353 e. The molecule has 3 aromatic rings. The molecule has 122 valence electrons. The Bertz CT molecular complexity index is 877. The zero-order valence-electron chi connectivity index (χ0n) is 13.3. The van der Waals surface area contributed by atoms with Gasteiger partial charge in [-0.05, 0) is 37.6 Å². The predicted molar refractivity (Wildman–Crippen MR) is 87.8 cm³/mol. The second-order valence-electron chi connectivity index (χ2n) is 5.85. The SMILES string of the molecule is Cc1nnc2ccc(N3CCC(NC(=O)c4ccncc4)C3)nn12. The third kappa shape index (κ3) is 2.66. The molecule has 4 rings (SSSR count). The van der Waals surface area contributed by atoms with Gasteiger partial charge in [-0.15, -0.1) is 15.3 Å². The third-order valence-electron chi connectivity index (χ3n) is 4.19. The van der Waals surface area contributed by atoms with E-state index in [-0.39, 0.29) is 11.9 Å². The number of anilines is 1. The molecular formula is C16H17N7O. The predicted octanol–water partition coefficient (Wildman–Crippen LogP) is 0.836.